The summed E-state index contributed by atoms with van der Waals surface area (Å²) in [4.78, 5) is 28.7. The van der Waals surface area contributed by atoms with Gasteiger partial charge in [0.25, 0.3) is 5.91 Å². The molecule has 4 heterocycles. The molecule has 1 aliphatic carbocycles. The molecule has 7 heteroatoms. The lowest BCUT2D eigenvalue weighted by Crippen LogP contribution is -2.36. The Morgan fingerprint density at radius 2 is 2.06 bits per heavy atom. The van der Waals surface area contributed by atoms with Crippen molar-refractivity contribution in [3.05, 3.63) is 58.7 Å². The Morgan fingerprint density at radius 1 is 1.26 bits per heavy atom. The van der Waals surface area contributed by atoms with Crippen LogP contribution in [0.1, 0.15) is 78.5 Å². The molecule has 3 aromatic heterocycles. The van der Waals surface area contributed by atoms with E-state index in [0.29, 0.717) is 36.1 Å². The number of anilines is 1. The van der Waals surface area contributed by atoms with Crippen LogP contribution in [0.25, 0.3) is 10.9 Å². The summed E-state index contributed by atoms with van der Waals surface area (Å²) in [5, 5.41) is 0.881. The molecule has 5 rings (SSSR count). The first kappa shape index (κ1) is 19.9. The van der Waals surface area contributed by atoms with Gasteiger partial charge in [0.1, 0.15) is 11.5 Å². The molecule has 1 aliphatic heterocycles. The van der Waals surface area contributed by atoms with Gasteiger partial charge in [-0.2, -0.15) is 0 Å². The number of fused-ring (bicyclic) bond motifs is 3. The highest BCUT2D eigenvalue weighted by Gasteiger charge is 2.28. The summed E-state index contributed by atoms with van der Waals surface area (Å²) in [5.74, 6) is 0.981. The van der Waals surface area contributed by atoms with Gasteiger partial charge in [-0.3, -0.25) is 9.78 Å². The molecule has 2 aliphatic rings. The number of aromatic nitrogens is 3. The van der Waals surface area contributed by atoms with E-state index in [2.05, 4.69) is 27.1 Å². The predicted octanol–water partition coefficient (Wildman–Crippen LogP) is 4.13. The second-order valence-electron chi connectivity index (χ2n) is 8.82. The maximum atomic E-state index is 13.4. The molecule has 2 N–H and O–H groups in total. The second-order valence-corrected chi connectivity index (χ2v) is 8.82. The van der Waals surface area contributed by atoms with Gasteiger partial charge in [-0.05, 0) is 56.9 Å². The van der Waals surface area contributed by atoms with Gasteiger partial charge in [-0.15, -0.1) is 0 Å². The molecule has 0 unspecified atom stereocenters. The molecule has 7 nitrogen and oxygen atoms in total. The number of amides is 1. The van der Waals surface area contributed by atoms with Crippen LogP contribution in [-0.4, -0.2) is 31.8 Å². The fourth-order valence-corrected chi connectivity index (χ4v) is 4.27. The van der Waals surface area contributed by atoms with Crippen LogP contribution in [0.15, 0.2) is 30.6 Å². The number of hydrogen-bond donors (Lipinski definition) is 1. The van der Waals surface area contributed by atoms with Gasteiger partial charge in [0.2, 0.25) is 0 Å². The van der Waals surface area contributed by atoms with Gasteiger partial charge in [-0.25, -0.2) is 9.97 Å². The van der Waals surface area contributed by atoms with Crippen molar-refractivity contribution in [3.8, 4) is 0 Å². The monoisotopic (exact) mass is 417 g/mol. The minimum absolute atomic E-state index is 0.0201. The Hall–Kier alpha value is -3.06. The normalized spacial score (nSPS) is 17.9. The van der Waals surface area contributed by atoms with E-state index in [4.69, 9.17) is 10.5 Å². The van der Waals surface area contributed by atoms with Crippen LogP contribution in [0.4, 0.5) is 5.82 Å². The average molecular weight is 418 g/mol. The molecule has 0 saturated heterocycles. The molecule has 1 atom stereocenters. The highest BCUT2D eigenvalue weighted by Crippen LogP contribution is 2.39. The maximum absolute atomic E-state index is 13.4. The lowest BCUT2D eigenvalue weighted by Gasteiger charge is -2.26. The van der Waals surface area contributed by atoms with Crippen LogP contribution >= 0.6 is 0 Å². The van der Waals surface area contributed by atoms with Crippen molar-refractivity contribution in [2.24, 2.45) is 0 Å². The number of carbonyl (C=O) groups excluding carboxylic acids is 1. The summed E-state index contributed by atoms with van der Waals surface area (Å²) in [6, 6.07) is 6.01. The second kappa shape index (κ2) is 7.57. The molecule has 0 spiro atoms. The number of nitrogen functional groups attached to an aromatic ring is 1. The Kier molecular flexibility index (Phi) is 4.85. The van der Waals surface area contributed by atoms with Crippen LogP contribution in [0.5, 0.6) is 0 Å². The minimum Gasteiger partial charge on any atom is -0.383 e. The van der Waals surface area contributed by atoms with Crippen LogP contribution < -0.4 is 5.73 Å². The molecule has 31 heavy (non-hydrogen) atoms. The summed E-state index contributed by atoms with van der Waals surface area (Å²) >= 11 is 0. The van der Waals surface area contributed by atoms with Gasteiger partial charge >= 0.3 is 0 Å². The number of carbonyl (C=O) groups is 1. The third kappa shape index (κ3) is 3.63. The lowest BCUT2D eigenvalue weighted by molar-refractivity contribution is 0.0684. The van der Waals surface area contributed by atoms with E-state index in [0.717, 1.165) is 27.8 Å². The topological polar surface area (TPSA) is 94.2 Å². The zero-order valence-electron chi connectivity index (χ0n) is 18.1. The first-order chi connectivity index (χ1) is 14.9. The van der Waals surface area contributed by atoms with Crippen LogP contribution in [0.3, 0.4) is 0 Å². The van der Waals surface area contributed by atoms with E-state index in [1.165, 1.54) is 12.8 Å². The van der Waals surface area contributed by atoms with E-state index in [9.17, 15) is 4.79 Å². The molecule has 0 radical (unpaired) electrons. The Morgan fingerprint density at radius 3 is 2.74 bits per heavy atom. The number of ether oxygens (including phenoxy) is 1. The zero-order valence-corrected chi connectivity index (χ0v) is 18.1. The summed E-state index contributed by atoms with van der Waals surface area (Å²) < 4.78 is 5.77. The summed E-state index contributed by atoms with van der Waals surface area (Å²) in [7, 11) is 0. The Bertz CT molecular complexity index is 1150. The quantitative estimate of drug-likeness (QED) is 0.671. The first-order valence-electron chi connectivity index (χ1n) is 10.9. The third-order valence-electron chi connectivity index (χ3n) is 6.23. The van der Waals surface area contributed by atoms with Crippen molar-refractivity contribution in [1.82, 2.24) is 19.9 Å². The number of hydrogen-bond acceptors (Lipinski definition) is 6. The number of pyridine rings is 3. The molecule has 1 amide bonds. The van der Waals surface area contributed by atoms with Gasteiger partial charge in [0.05, 0.1) is 24.4 Å². The number of rotatable bonds is 5. The largest absolute Gasteiger partial charge is 0.383 e. The van der Waals surface area contributed by atoms with Gasteiger partial charge in [-0.1, -0.05) is 6.07 Å². The summed E-state index contributed by atoms with van der Waals surface area (Å²) in [6.07, 6.45) is 5.88. The SMILES string of the molecule is CC(C)N(Cc1ccc(C2CC2)nc1)C(=O)c1cc2c3c(c(N)nc2cn1)[C@H](C)OC3. The zero-order chi connectivity index (χ0) is 21.7. The smallest absolute Gasteiger partial charge is 0.273 e. The van der Waals surface area contributed by atoms with Gasteiger partial charge in [0, 0.05) is 41.3 Å². The van der Waals surface area contributed by atoms with Crippen molar-refractivity contribution >= 4 is 22.6 Å². The van der Waals surface area contributed by atoms with E-state index in [1.807, 2.05) is 37.9 Å². The van der Waals surface area contributed by atoms with E-state index in [-0.39, 0.29) is 18.1 Å². The molecular weight excluding hydrogens is 390 g/mol. The summed E-state index contributed by atoms with van der Waals surface area (Å²) in [5.41, 5.74) is 11.3. The van der Waals surface area contributed by atoms with Crippen LogP contribution in [0.2, 0.25) is 0 Å². The predicted molar refractivity (Wildman–Crippen MR) is 118 cm³/mol. The van der Waals surface area contributed by atoms with Crippen molar-refractivity contribution in [2.75, 3.05) is 5.73 Å². The van der Waals surface area contributed by atoms with Crippen molar-refractivity contribution in [3.63, 3.8) is 0 Å². The van der Waals surface area contributed by atoms with E-state index < -0.39 is 0 Å². The maximum Gasteiger partial charge on any atom is 0.273 e. The summed E-state index contributed by atoms with van der Waals surface area (Å²) in [6.45, 7) is 6.95. The first-order valence-corrected chi connectivity index (χ1v) is 10.9. The standard InChI is InChI=1S/C24H27N5O2/c1-13(2)29(11-15-4-7-19(26-9-15)16-5-6-16)24(30)20-8-17-18-12-31-14(3)22(18)23(25)28-21(17)10-27-20/h4,7-10,13-14,16H,5-6,11-12H2,1-3H3,(H2,25,28)/t14-/m0/s1. The molecule has 0 bridgehead atoms. The molecule has 3 aromatic rings. The van der Waals surface area contributed by atoms with Crippen LogP contribution in [-0.2, 0) is 17.9 Å². The Balaban J connectivity index is 1.45. The highest BCUT2D eigenvalue weighted by molar-refractivity contribution is 5.97. The highest BCUT2D eigenvalue weighted by atomic mass is 16.5. The molecule has 160 valence electrons. The number of nitrogens with two attached hydrogens (primary N) is 1. The van der Waals surface area contributed by atoms with E-state index >= 15 is 0 Å². The van der Waals surface area contributed by atoms with Crippen molar-refractivity contribution in [1.29, 1.82) is 0 Å². The minimum atomic E-state index is -0.110. The molecule has 1 fully saturated rings. The van der Waals surface area contributed by atoms with Crippen LogP contribution in [0, 0.1) is 0 Å². The third-order valence-corrected chi connectivity index (χ3v) is 6.23. The fourth-order valence-electron chi connectivity index (χ4n) is 4.27. The molecular formula is C24H27N5O2. The average Bonchev–Trinajstić information content (AvgIpc) is 3.53. The van der Waals surface area contributed by atoms with Crippen molar-refractivity contribution in [2.45, 2.75) is 64.8 Å². The molecule has 1 saturated carbocycles. The fraction of sp³-hybridized carbons (Fsp3) is 0.417. The van der Waals surface area contributed by atoms with E-state index in [1.54, 1.807) is 6.20 Å². The van der Waals surface area contributed by atoms with Gasteiger partial charge in [0.15, 0.2) is 0 Å². The van der Waals surface area contributed by atoms with Crippen molar-refractivity contribution < 1.29 is 9.53 Å². The Labute approximate surface area is 181 Å². The lowest BCUT2D eigenvalue weighted by atomic mass is 10.0. The number of nitrogens with zero attached hydrogens (tertiary/aromatic N) is 4. The van der Waals surface area contributed by atoms with Gasteiger partial charge < -0.3 is 15.4 Å². The molecule has 0 aromatic carbocycles.